The molecule has 134 valence electrons. The zero-order valence-corrected chi connectivity index (χ0v) is 14.8. The van der Waals surface area contributed by atoms with Gasteiger partial charge in [-0.05, 0) is 49.9 Å². The highest BCUT2D eigenvalue weighted by Gasteiger charge is 2.25. The van der Waals surface area contributed by atoms with E-state index in [0.717, 1.165) is 56.2 Å². The molecule has 7 nitrogen and oxygen atoms in total. The molecule has 2 amide bonds. The molecule has 3 rings (SSSR count). The molecule has 0 radical (unpaired) electrons. The number of nitrogens with zero attached hydrogens (tertiary/aromatic N) is 4. The zero-order valence-electron chi connectivity index (χ0n) is 14.8. The Morgan fingerprint density at radius 1 is 1.36 bits per heavy atom. The van der Waals surface area contributed by atoms with Crippen LogP contribution in [0.2, 0.25) is 0 Å². The lowest BCUT2D eigenvalue weighted by atomic mass is 9.94. The molecular weight excluding hydrogens is 318 g/mol. The lowest BCUT2D eigenvalue weighted by molar-refractivity contribution is 0.176. The monoisotopic (exact) mass is 343 g/mol. The summed E-state index contributed by atoms with van der Waals surface area (Å²) in [4.78, 5) is 14.4. The van der Waals surface area contributed by atoms with Crippen molar-refractivity contribution in [2.45, 2.75) is 32.7 Å². The summed E-state index contributed by atoms with van der Waals surface area (Å²) in [7, 11) is 1.63. The number of hydrogen-bond donors (Lipinski definition) is 1. The topological polar surface area (TPSA) is 72.3 Å². The first-order valence-electron chi connectivity index (χ1n) is 8.76. The van der Waals surface area contributed by atoms with E-state index < -0.39 is 0 Å². The van der Waals surface area contributed by atoms with Gasteiger partial charge in [0.05, 0.1) is 7.11 Å². The van der Waals surface area contributed by atoms with Crippen molar-refractivity contribution in [3.8, 4) is 5.75 Å². The number of hydrogen-bond acceptors (Lipinski definition) is 4. The van der Waals surface area contributed by atoms with Gasteiger partial charge in [0.2, 0.25) is 0 Å². The van der Waals surface area contributed by atoms with Gasteiger partial charge in [0.25, 0.3) is 0 Å². The second kappa shape index (κ2) is 8.00. The van der Waals surface area contributed by atoms with Crippen molar-refractivity contribution in [2.75, 3.05) is 25.5 Å². The van der Waals surface area contributed by atoms with Gasteiger partial charge in [-0.25, -0.2) is 4.79 Å². The minimum Gasteiger partial charge on any atom is -0.497 e. The zero-order chi connectivity index (χ0) is 17.6. The lowest BCUT2D eigenvalue weighted by Crippen LogP contribution is -2.43. The van der Waals surface area contributed by atoms with Crippen molar-refractivity contribution in [1.29, 1.82) is 0 Å². The van der Waals surface area contributed by atoms with Crippen molar-refractivity contribution in [2.24, 2.45) is 5.92 Å². The number of rotatable bonds is 5. The van der Waals surface area contributed by atoms with E-state index in [2.05, 4.69) is 27.0 Å². The van der Waals surface area contributed by atoms with Crippen LogP contribution >= 0.6 is 0 Å². The van der Waals surface area contributed by atoms with E-state index in [0.29, 0.717) is 5.92 Å². The molecule has 1 N–H and O–H groups in total. The van der Waals surface area contributed by atoms with Crippen molar-refractivity contribution < 1.29 is 9.53 Å². The molecular formula is C18H25N5O2. The van der Waals surface area contributed by atoms with Gasteiger partial charge in [0.15, 0.2) is 0 Å². The summed E-state index contributed by atoms with van der Waals surface area (Å²) in [6, 6.07) is 7.33. The normalized spacial score (nSPS) is 17.4. The van der Waals surface area contributed by atoms with Gasteiger partial charge in [0.1, 0.15) is 17.9 Å². The molecule has 1 aliphatic rings. The predicted molar refractivity (Wildman–Crippen MR) is 95.7 cm³/mol. The van der Waals surface area contributed by atoms with E-state index in [1.165, 1.54) is 0 Å². The van der Waals surface area contributed by atoms with Gasteiger partial charge >= 0.3 is 6.03 Å². The van der Waals surface area contributed by atoms with Crippen molar-refractivity contribution in [3.63, 3.8) is 0 Å². The number of piperidine rings is 1. The maximum atomic E-state index is 12.5. The molecule has 2 heterocycles. The summed E-state index contributed by atoms with van der Waals surface area (Å²) in [5.74, 6) is 2.20. The largest absolute Gasteiger partial charge is 0.497 e. The van der Waals surface area contributed by atoms with E-state index in [1.54, 1.807) is 13.4 Å². The average molecular weight is 343 g/mol. The number of ether oxygens (including phenoxy) is 1. The van der Waals surface area contributed by atoms with Gasteiger partial charge in [-0.2, -0.15) is 0 Å². The van der Waals surface area contributed by atoms with Gasteiger partial charge in [-0.15, -0.1) is 10.2 Å². The lowest BCUT2D eigenvalue weighted by Gasteiger charge is -2.32. The summed E-state index contributed by atoms with van der Waals surface area (Å²) in [5, 5.41) is 11.2. The second-order valence-corrected chi connectivity index (χ2v) is 6.35. The third-order valence-corrected chi connectivity index (χ3v) is 4.66. The first kappa shape index (κ1) is 17.3. The molecule has 0 bridgehead atoms. The standard InChI is InChI=1S/C18H25N5O2/c1-3-22-13-19-21-17(22)11-14-5-4-10-23(12-14)18(24)20-15-6-8-16(25-2)9-7-15/h6-9,13-14H,3-5,10-12H2,1-2H3,(H,20,24). The minimum absolute atomic E-state index is 0.0492. The first-order chi connectivity index (χ1) is 12.2. The van der Waals surface area contributed by atoms with Gasteiger partial charge in [0, 0.05) is 31.7 Å². The number of carbonyl (C=O) groups excluding carboxylic acids is 1. The van der Waals surface area contributed by atoms with Crippen LogP contribution in [0, 0.1) is 5.92 Å². The van der Waals surface area contributed by atoms with Crippen LogP contribution in [0.3, 0.4) is 0 Å². The van der Waals surface area contributed by atoms with Crippen LogP contribution < -0.4 is 10.1 Å². The van der Waals surface area contributed by atoms with E-state index in [-0.39, 0.29) is 6.03 Å². The molecule has 1 saturated heterocycles. The molecule has 1 unspecified atom stereocenters. The number of methoxy groups -OCH3 is 1. The number of nitrogens with one attached hydrogen (secondary N) is 1. The van der Waals surface area contributed by atoms with E-state index in [1.807, 2.05) is 29.2 Å². The summed E-state index contributed by atoms with van der Waals surface area (Å²) < 4.78 is 7.20. The average Bonchev–Trinajstić information content (AvgIpc) is 3.09. The number of benzene rings is 1. The number of anilines is 1. The van der Waals surface area contributed by atoms with E-state index in [9.17, 15) is 4.79 Å². The summed E-state index contributed by atoms with van der Waals surface area (Å²) in [6.45, 7) is 4.50. The molecule has 0 spiro atoms. The third-order valence-electron chi connectivity index (χ3n) is 4.66. The van der Waals surface area contributed by atoms with Crippen LogP contribution in [0.5, 0.6) is 5.75 Å². The van der Waals surface area contributed by atoms with Crippen LogP contribution in [-0.2, 0) is 13.0 Å². The van der Waals surface area contributed by atoms with Crippen LogP contribution in [0.4, 0.5) is 10.5 Å². The van der Waals surface area contributed by atoms with Crippen LogP contribution in [0.25, 0.3) is 0 Å². The van der Waals surface area contributed by atoms with Crippen molar-refractivity contribution in [3.05, 3.63) is 36.4 Å². The highest BCUT2D eigenvalue weighted by molar-refractivity contribution is 5.89. The Hall–Kier alpha value is -2.57. The third kappa shape index (κ3) is 4.29. The summed E-state index contributed by atoms with van der Waals surface area (Å²) >= 11 is 0. The fourth-order valence-electron chi connectivity index (χ4n) is 3.25. The Labute approximate surface area is 148 Å². The van der Waals surface area contributed by atoms with Gasteiger partial charge in [-0.1, -0.05) is 0 Å². The molecule has 1 fully saturated rings. The molecule has 0 saturated carbocycles. The maximum Gasteiger partial charge on any atom is 0.321 e. The maximum absolute atomic E-state index is 12.5. The van der Waals surface area contributed by atoms with Gasteiger partial charge in [-0.3, -0.25) is 0 Å². The molecule has 25 heavy (non-hydrogen) atoms. The molecule has 1 atom stereocenters. The SMILES string of the molecule is CCn1cnnc1CC1CCCN(C(=O)Nc2ccc(OC)cc2)C1. The highest BCUT2D eigenvalue weighted by Crippen LogP contribution is 2.21. The van der Waals surface area contributed by atoms with E-state index in [4.69, 9.17) is 4.74 Å². The number of amides is 2. The number of aromatic nitrogens is 3. The smallest absolute Gasteiger partial charge is 0.321 e. The second-order valence-electron chi connectivity index (χ2n) is 6.35. The fourth-order valence-corrected chi connectivity index (χ4v) is 3.25. The molecule has 0 aliphatic carbocycles. The number of likely N-dealkylation sites (tertiary alicyclic amines) is 1. The van der Waals surface area contributed by atoms with Crippen molar-refractivity contribution >= 4 is 11.7 Å². The Bertz CT molecular complexity index is 698. The molecule has 1 aromatic heterocycles. The highest BCUT2D eigenvalue weighted by atomic mass is 16.5. The molecule has 2 aromatic rings. The Kier molecular flexibility index (Phi) is 5.53. The Balaban J connectivity index is 1.57. The Morgan fingerprint density at radius 3 is 2.88 bits per heavy atom. The summed E-state index contributed by atoms with van der Waals surface area (Å²) in [6.07, 6.45) is 4.76. The van der Waals surface area contributed by atoms with Crippen LogP contribution in [0.1, 0.15) is 25.6 Å². The predicted octanol–water partition coefficient (Wildman–Crippen LogP) is 2.79. The number of carbonyl (C=O) groups is 1. The Morgan fingerprint density at radius 2 is 2.16 bits per heavy atom. The fraction of sp³-hybridized carbons (Fsp3) is 0.500. The first-order valence-corrected chi connectivity index (χ1v) is 8.76. The quantitative estimate of drug-likeness (QED) is 0.906. The number of urea groups is 1. The van der Waals surface area contributed by atoms with Gasteiger partial charge < -0.3 is 19.5 Å². The number of aryl methyl sites for hydroxylation is 1. The summed E-state index contributed by atoms with van der Waals surface area (Å²) in [5.41, 5.74) is 0.777. The molecule has 1 aliphatic heterocycles. The van der Waals surface area contributed by atoms with Crippen molar-refractivity contribution in [1.82, 2.24) is 19.7 Å². The van der Waals surface area contributed by atoms with Crippen LogP contribution in [0.15, 0.2) is 30.6 Å². The molecule has 1 aromatic carbocycles. The molecule has 7 heteroatoms. The van der Waals surface area contributed by atoms with E-state index >= 15 is 0 Å². The minimum atomic E-state index is -0.0492. The van der Waals surface area contributed by atoms with Crippen LogP contribution in [-0.4, -0.2) is 45.9 Å².